The fourth-order valence-corrected chi connectivity index (χ4v) is 4.43. The molecule has 20 heavy (non-hydrogen) atoms. The molecular weight excluding hydrogens is 266 g/mol. The molecule has 0 bridgehead atoms. The highest BCUT2D eigenvalue weighted by Crippen LogP contribution is 2.41. The van der Waals surface area contributed by atoms with Crippen molar-refractivity contribution in [2.75, 3.05) is 0 Å². The van der Waals surface area contributed by atoms with Crippen molar-refractivity contribution in [3.05, 3.63) is 57.6 Å². The monoisotopic (exact) mass is 283 g/mol. The van der Waals surface area contributed by atoms with Crippen LogP contribution in [0.15, 0.2) is 42.0 Å². The first kappa shape index (κ1) is 12.3. The average Bonchev–Trinajstić information content (AvgIpc) is 2.90. The van der Waals surface area contributed by atoms with E-state index in [-0.39, 0.29) is 5.92 Å². The Morgan fingerprint density at radius 1 is 1.25 bits per heavy atom. The number of nitrogens with zero attached hydrogens (tertiary/aromatic N) is 1. The molecule has 0 radical (unpaired) electrons. The number of rotatable bonds is 1. The summed E-state index contributed by atoms with van der Waals surface area (Å²) in [6, 6.07) is 0. The summed E-state index contributed by atoms with van der Waals surface area (Å²) >= 11 is 1.76. The van der Waals surface area contributed by atoms with Gasteiger partial charge >= 0.3 is 0 Å². The lowest BCUT2D eigenvalue weighted by molar-refractivity contribution is 0.170. The molecule has 0 fully saturated rings. The Kier molecular flexibility index (Phi) is 2.97. The lowest BCUT2D eigenvalue weighted by atomic mass is 9.78. The van der Waals surface area contributed by atoms with Crippen LogP contribution in [0, 0.1) is 5.92 Å². The van der Waals surface area contributed by atoms with Crippen molar-refractivity contribution in [2.45, 2.75) is 31.3 Å². The maximum Gasteiger partial charge on any atom is 0.0994 e. The molecule has 4 rings (SSSR count). The highest BCUT2D eigenvalue weighted by atomic mass is 32.1. The minimum absolute atomic E-state index is 0.143. The summed E-state index contributed by atoms with van der Waals surface area (Å²) in [5, 5.41) is 11.5. The Morgan fingerprint density at radius 2 is 2.20 bits per heavy atom. The van der Waals surface area contributed by atoms with Gasteiger partial charge in [0.25, 0.3) is 0 Å². The number of aryl methyl sites for hydroxylation is 1. The molecule has 3 aliphatic carbocycles. The van der Waals surface area contributed by atoms with Crippen LogP contribution in [0.4, 0.5) is 0 Å². The summed E-state index contributed by atoms with van der Waals surface area (Å²) in [4.78, 5) is 6.08. The van der Waals surface area contributed by atoms with E-state index in [2.05, 4.69) is 30.4 Å². The van der Waals surface area contributed by atoms with Gasteiger partial charge in [0.1, 0.15) is 0 Å². The van der Waals surface area contributed by atoms with Crippen molar-refractivity contribution in [3.63, 3.8) is 0 Å². The molecule has 2 nitrogen and oxygen atoms in total. The fraction of sp³-hybridized carbons (Fsp3) is 0.353. The van der Waals surface area contributed by atoms with E-state index in [1.54, 1.807) is 11.3 Å². The Labute approximate surface area is 122 Å². The van der Waals surface area contributed by atoms with Crippen LogP contribution in [0.2, 0.25) is 0 Å². The molecule has 102 valence electrons. The van der Waals surface area contributed by atoms with Crippen molar-refractivity contribution in [1.82, 2.24) is 4.98 Å². The third kappa shape index (κ3) is 2.02. The van der Waals surface area contributed by atoms with Gasteiger partial charge in [-0.2, -0.15) is 0 Å². The molecular formula is C17H17NOS. The molecule has 3 atom stereocenters. The molecule has 0 aromatic carbocycles. The molecule has 1 N–H and O–H groups in total. The molecule has 0 spiro atoms. The predicted octanol–water partition coefficient (Wildman–Crippen LogP) is 3.62. The van der Waals surface area contributed by atoms with Gasteiger partial charge in [-0.3, -0.25) is 0 Å². The number of allylic oxidation sites excluding steroid dienone is 6. The third-order valence-corrected chi connectivity index (χ3v) is 5.53. The highest BCUT2D eigenvalue weighted by Gasteiger charge is 2.32. The van der Waals surface area contributed by atoms with Crippen LogP contribution in [0.3, 0.4) is 0 Å². The van der Waals surface area contributed by atoms with Crippen LogP contribution < -0.4 is 0 Å². The second-order valence-corrected chi connectivity index (χ2v) is 6.72. The Bertz CT molecular complexity index is 650. The van der Waals surface area contributed by atoms with E-state index >= 15 is 0 Å². The van der Waals surface area contributed by atoms with Crippen LogP contribution in [0.5, 0.6) is 0 Å². The number of aliphatic hydroxyl groups is 1. The van der Waals surface area contributed by atoms with E-state index in [9.17, 15) is 5.11 Å². The maximum atomic E-state index is 10.4. The molecule has 0 aliphatic heterocycles. The van der Waals surface area contributed by atoms with E-state index in [4.69, 9.17) is 4.98 Å². The summed E-state index contributed by atoms with van der Waals surface area (Å²) in [5.41, 5.74) is 2.46. The van der Waals surface area contributed by atoms with Crippen LogP contribution in [-0.2, 0) is 6.42 Å². The minimum atomic E-state index is -0.408. The summed E-state index contributed by atoms with van der Waals surface area (Å²) < 4.78 is 0. The molecule has 3 unspecified atom stereocenters. The van der Waals surface area contributed by atoms with E-state index < -0.39 is 6.10 Å². The third-order valence-electron chi connectivity index (χ3n) is 4.33. The van der Waals surface area contributed by atoms with Crippen LogP contribution in [-0.4, -0.2) is 16.2 Å². The first-order chi connectivity index (χ1) is 9.81. The molecule has 3 heteroatoms. The lowest BCUT2D eigenvalue weighted by Crippen LogP contribution is -2.25. The van der Waals surface area contributed by atoms with E-state index in [1.165, 1.54) is 16.1 Å². The van der Waals surface area contributed by atoms with Gasteiger partial charge in [0.15, 0.2) is 0 Å². The minimum Gasteiger partial charge on any atom is -0.388 e. The molecule has 3 aliphatic rings. The van der Waals surface area contributed by atoms with E-state index in [0.717, 1.165) is 24.3 Å². The van der Waals surface area contributed by atoms with E-state index in [0.29, 0.717) is 5.92 Å². The normalized spacial score (nSPS) is 30.9. The fourth-order valence-electron chi connectivity index (χ4n) is 3.23. The van der Waals surface area contributed by atoms with Crippen molar-refractivity contribution in [1.29, 1.82) is 0 Å². The van der Waals surface area contributed by atoms with Gasteiger partial charge in [0, 0.05) is 11.8 Å². The highest BCUT2D eigenvalue weighted by molar-refractivity contribution is 7.12. The van der Waals surface area contributed by atoms with E-state index in [1.807, 2.05) is 12.2 Å². The first-order valence-electron chi connectivity index (χ1n) is 7.22. The molecule has 0 amide bonds. The second-order valence-electron chi connectivity index (χ2n) is 5.65. The number of aliphatic hydroxyl groups excluding tert-OH is 1. The van der Waals surface area contributed by atoms with Gasteiger partial charge in [-0.05, 0) is 30.9 Å². The van der Waals surface area contributed by atoms with Crippen LogP contribution >= 0.6 is 11.3 Å². The molecule has 1 heterocycles. The topological polar surface area (TPSA) is 33.1 Å². The quantitative estimate of drug-likeness (QED) is 0.854. The van der Waals surface area contributed by atoms with Gasteiger partial charge in [0.2, 0.25) is 0 Å². The zero-order valence-corrected chi connectivity index (χ0v) is 12.0. The SMILES string of the molecule is OC1C=C2C=CC=CC2CC1c1nc2c(s1)C=CCC2. The Hall–Kier alpha value is -1.45. The standard InChI is InChI=1S/C17H17NOS/c19-15-10-12-6-2-1-5-11(12)9-13(15)17-18-14-7-3-4-8-16(14)20-17/h1-2,4-6,8,10-11,13,15,19H,3,7,9H2. The summed E-state index contributed by atoms with van der Waals surface area (Å²) in [5.74, 6) is 0.578. The largest absolute Gasteiger partial charge is 0.388 e. The Balaban J connectivity index is 1.67. The van der Waals surface area contributed by atoms with Gasteiger partial charge in [-0.25, -0.2) is 4.98 Å². The van der Waals surface area contributed by atoms with Crippen LogP contribution in [0.25, 0.3) is 6.08 Å². The summed E-state index contributed by atoms with van der Waals surface area (Å²) in [6.45, 7) is 0. The van der Waals surface area contributed by atoms with Gasteiger partial charge in [-0.1, -0.05) is 36.5 Å². The lowest BCUT2D eigenvalue weighted by Gasteiger charge is -2.30. The summed E-state index contributed by atoms with van der Waals surface area (Å²) in [7, 11) is 0. The zero-order valence-electron chi connectivity index (χ0n) is 11.2. The molecule has 1 aromatic heterocycles. The number of thiazole rings is 1. The van der Waals surface area contributed by atoms with Crippen molar-refractivity contribution in [2.24, 2.45) is 5.92 Å². The zero-order chi connectivity index (χ0) is 13.5. The predicted molar refractivity (Wildman–Crippen MR) is 82.7 cm³/mol. The van der Waals surface area contributed by atoms with Crippen molar-refractivity contribution < 1.29 is 5.11 Å². The summed E-state index contributed by atoms with van der Waals surface area (Å²) in [6.07, 6.45) is 17.6. The average molecular weight is 283 g/mol. The Morgan fingerprint density at radius 3 is 3.10 bits per heavy atom. The van der Waals surface area contributed by atoms with Crippen molar-refractivity contribution in [3.8, 4) is 0 Å². The van der Waals surface area contributed by atoms with Gasteiger partial charge in [-0.15, -0.1) is 11.3 Å². The van der Waals surface area contributed by atoms with Gasteiger partial charge < -0.3 is 5.11 Å². The van der Waals surface area contributed by atoms with Crippen molar-refractivity contribution >= 4 is 17.4 Å². The number of fused-ring (bicyclic) bond motifs is 2. The molecule has 0 saturated carbocycles. The molecule has 1 aromatic rings. The second kappa shape index (κ2) is 4.83. The maximum absolute atomic E-state index is 10.4. The smallest absolute Gasteiger partial charge is 0.0994 e. The number of hydrogen-bond acceptors (Lipinski definition) is 3. The number of hydrogen-bond donors (Lipinski definition) is 1. The number of aromatic nitrogens is 1. The van der Waals surface area contributed by atoms with Gasteiger partial charge in [0.05, 0.1) is 21.7 Å². The first-order valence-corrected chi connectivity index (χ1v) is 8.04. The molecule has 0 saturated heterocycles. The van der Waals surface area contributed by atoms with Crippen LogP contribution in [0.1, 0.15) is 34.3 Å².